The minimum absolute atomic E-state index is 0.0764. The van der Waals surface area contributed by atoms with E-state index in [1.54, 1.807) is 0 Å². The highest BCUT2D eigenvalue weighted by atomic mass is 19.4. The van der Waals surface area contributed by atoms with Crippen molar-refractivity contribution in [3.63, 3.8) is 0 Å². The monoisotopic (exact) mass is 579 g/mol. The maximum atomic E-state index is 13.0. The number of hydrogen-bond donors (Lipinski definition) is 2. The standard InChI is InChI=1S/C22H22F9N3O5/c1-2-8-36-9-7-15(13-3-5-14(6-4-13)39-22(29,30)31)18(35)34-19-32-16(37-11-20(23,24)25)10-17(33-19)38-12-21(26,27)28/h3-7,10,16H,2,8-9,11-12H2,1H3,(H2,32,33,34,35)/b15-7-. The molecule has 1 aliphatic rings. The number of alkyl halides is 9. The second kappa shape index (κ2) is 13.5. The second-order valence-corrected chi connectivity index (χ2v) is 7.57. The van der Waals surface area contributed by atoms with Gasteiger partial charge in [0.15, 0.2) is 18.7 Å². The lowest BCUT2D eigenvalue weighted by Crippen LogP contribution is -2.45. The van der Waals surface area contributed by atoms with E-state index in [4.69, 9.17) is 4.74 Å². The van der Waals surface area contributed by atoms with Crippen molar-refractivity contribution in [1.82, 2.24) is 10.6 Å². The molecule has 17 heteroatoms. The van der Waals surface area contributed by atoms with Crippen LogP contribution in [0.5, 0.6) is 5.75 Å². The van der Waals surface area contributed by atoms with Crippen LogP contribution in [0.2, 0.25) is 0 Å². The summed E-state index contributed by atoms with van der Waals surface area (Å²) in [6.07, 6.45) is -13.7. The Bertz CT molecular complexity index is 1050. The van der Waals surface area contributed by atoms with Crippen LogP contribution >= 0.6 is 0 Å². The first-order valence-electron chi connectivity index (χ1n) is 10.9. The van der Waals surface area contributed by atoms with Gasteiger partial charge in [-0.05, 0) is 30.2 Å². The van der Waals surface area contributed by atoms with Gasteiger partial charge in [0.1, 0.15) is 12.4 Å². The van der Waals surface area contributed by atoms with Crippen LogP contribution in [0, 0.1) is 0 Å². The molecule has 2 N–H and O–H groups in total. The number of ether oxygens (including phenoxy) is 4. The number of amides is 1. The molecule has 8 nitrogen and oxygen atoms in total. The van der Waals surface area contributed by atoms with Gasteiger partial charge in [0, 0.05) is 18.3 Å². The summed E-state index contributed by atoms with van der Waals surface area (Å²) in [5, 5.41) is 4.36. The molecule has 1 aliphatic heterocycles. The zero-order valence-electron chi connectivity index (χ0n) is 20.0. The van der Waals surface area contributed by atoms with Gasteiger partial charge in [-0.1, -0.05) is 19.1 Å². The Morgan fingerprint density at radius 1 is 1.03 bits per heavy atom. The Morgan fingerprint density at radius 2 is 1.67 bits per heavy atom. The zero-order chi connectivity index (χ0) is 29.3. The number of guanidine groups is 1. The van der Waals surface area contributed by atoms with Gasteiger partial charge in [-0.25, -0.2) is 4.99 Å². The van der Waals surface area contributed by atoms with Crippen molar-refractivity contribution in [2.45, 2.75) is 38.3 Å². The van der Waals surface area contributed by atoms with E-state index in [2.05, 4.69) is 29.8 Å². The molecule has 0 spiro atoms. The minimum atomic E-state index is -4.96. The van der Waals surface area contributed by atoms with Gasteiger partial charge in [-0.2, -0.15) is 26.3 Å². The van der Waals surface area contributed by atoms with E-state index in [-0.39, 0.29) is 17.7 Å². The number of benzene rings is 1. The average Bonchev–Trinajstić information content (AvgIpc) is 2.80. The lowest BCUT2D eigenvalue weighted by molar-refractivity contribution is -0.274. The van der Waals surface area contributed by atoms with E-state index in [9.17, 15) is 44.3 Å². The predicted molar refractivity (Wildman–Crippen MR) is 117 cm³/mol. The van der Waals surface area contributed by atoms with E-state index < -0.39 is 61.7 Å². The van der Waals surface area contributed by atoms with E-state index in [0.717, 1.165) is 24.3 Å². The number of carbonyl (C=O) groups is 1. The summed E-state index contributed by atoms with van der Waals surface area (Å²) < 4.78 is 131. The fourth-order valence-electron chi connectivity index (χ4n) is 2.78. The molecule has 39 heavy (non-hydrogen) atoms. The fourth-order valence-corrected chi connectivity index (χ4v) is 2.78. The summed E-state index contributed by atoms with van der Waals surface area (Å²) in [7, 11) is 0. The summed E-state index contributed by atoms with van der Waals surface area (Å²) in [6.45, 7) is -1.62. The molecule has 2 rings (SSSR count). The first-order chi connectivity index (χ1) is 18.0. The zero-order valence-corrected chi connectivity index (χ0v) is 20.0. The fraction of sp³-hybridized carbons (Fsp3) is 0.455. The lowest BCUT2D eigenvalue weighted by Gasteiger charge is -2.23. The molecule has 1 unspecified atom stereocenters. The lowest BCUT2D eigenvalue weighted by atomic mass is 10.0. The third-order valence-corrected chi connectivity index (χ3v) is 4.23. The van der Waals surface area contributed by atoms with Crippen LogP contribution in [0.15, 0.2) is 47.3 Å². The predicted octanol–water partition coefficient (Wildman–Crippen LogP) is 4.80. The van der Waals surface area contributed by atoms with E-state index in [1.165, 1.54) is 6.08 Å². The number of hydrogen-bond acceptors (Lipinski definition) is 7. The van der Waals surface area contributed by atoms with Crippen molar-refractivity contribution in [3.8, 4) is 5.75 Å². The van der Waals surface area contributed by atoms with Crippen LogP contribution in [0.1, 0.15) is 18.9 Å². The molecular formula is C22H22F9N3O5. The molecule has 0 radical (unpaired) electrons. The molecule has 0 saturated carbocycles. The largest absolute Gasteiger partial charge is 0.573 e. The Morgan fingerprint density at radius 3 is 2.23 bits per heavy atom. The van der Waals surface area contributed by atoms with Crippen LogP contribution in [-0.4, -0.2) is 63.2 Å². The molecule has 1 heterocycles. The first kappa shape index (κ1) is 31.7. The normalized spacial score (nSPS) is 16.7. The van der Waals surface area contributed by atoms with Gasteiger partial charge < -0.3 is 18.9 Å². The van der Waals surface area contributed by atoms with Crippen molar-refractivity contribution in [2.24, 2.45) is 4.99 Å². The molecule has 0 bridgehead atoms. The summed E-state index contributed by atoms with van der Waals surface area (Å²) >= 11 is 0. The van der Waals surface area contributed by atoms with Crippen molar-refractivity contribution >= 4 is 17.4 Å². The second-order valence-electron chi connectivity index (χ2n) is 7.57. The highest BCUT2D eigenvalue weighted by Gasteiger charge is 2.33. The number of aliphatic imine (C=N–C) groups is 1. The first-order valence-corrected chi connectivity index (χ1v) is 10.9. The van der Waals surface area contributed by atoms with E-state index >= 15 is 0 Å². The highest BCUT2D eigenvalue weighted by molar-refractivity contribution is 6.24. The molecule has 1 amide bonds. The summed E-state index contributed by atoms with van der Waals surface area (Å²) in [5.41, 5.74) is -0.0956. The number of rotatable bonds is 11. The third kappa shape index (κ3) is 12.8. The molecule has 1 aromatic rings. The summed E-state index contributed by atoms with van der Waals surface area (Å²) in [5.74, 6) is -2.88. The third-order valence-electron chi connectivity index (χ3n) is 4.23. The van der Waals surface area contributed by atoms with Crippen molar-refractivity contribution in [3.05, 3.63) is 47.9 Å². The van der Waals surface area contributed by atoms with Gasteiger partial charge in [-0.15, -0.1) is 13.2 Å². The van der Waals surface area contributed by atoms with Crippen molar-refractivity contribution in [1.29, 1.82) is 0 Å². The van der Waals surface area contributed by atoms with E-state index in [0.29, 0.717) is 19.1 Å². The quantitative estimate of drug-likeness (QED) is 0.223. The molecule has 0 fully saturated rings. The number of halogens is 9. The van der Waals surface area contributed by atoms with Gasteiger partial charge >= 0.3 is 18.7 Å². The summed E-state index contributed by atoms with van der Waals surface area (Å²) in [4.78, 5) is 16.7. The molecule has 1 atom stereocenters. The topological polar surface area (TPSA) is 90.4 Å². The number of nitrogens with one attached hydrogen (secondary N) is 2. The Balaban J connectivity index is 2.26. The SMILES string of the molecule is CCCOC/C=C(\C(=O)NC1=NC(OCC(F)(F)F)C=C(OCC(F)(F)F)N1)c1ccc(OC(F)(F)F)cc1. The Labute approximate surface area is 215 Å². The maximum absolute atomic E-state index is 13.0. The van der Waals surface area contributed by atoms with Gasteiger partial charge in [-0.3, -0.25) is 15.4 Å². The molecule has 218 valence electrons. The minimum Gasteiger partial charge on any atom is -0.469 e. The molecule has 0 aliphatic carbocycles. The van der Waals surface area contributed by atoms with Crippen LogP contribution in [-0.2, 0) is 19.0 Å². The Kier molecular flexibility index (Phi) is 11.0. The summed E-state index contributed by atoms with van der Waals surface area (Å²) in [6, 6.07) is 4.10. The molecule has 1 aromatic carbocycles. The van der Waals surface area contributed by atoms with Gasteiger partial charge in [0.2, 0.25) is 5.96 Å². The highest BCUT2D eigenvalue weighted by Crippen LogP contribution is 2.25. The van der Waals surface area contributed by atoms with Crippen LogP contribution < -0.4 is 15.4 Å². The van der Waals surface area contributed by atoms with Crippen LogP contribution in [0.4, 0.5) is 39.5 Å². The van der Waals surface area contributed by atoms with Crippen molar-refractivity contribution < 1.29 is 63.3 Å². The molecular weight excluding hydrogens is 557 g/mol. The van der Waals surface area contributed by atoms with Crippen LogP contribution in [0.3, 0.4) is 0 Å². The average molecular weight is 579 g/mol. The molecule has 0 saturated heterocycles. The van der Waals surface area contributed by atoms with Crippen molar-refractivity contribution in [2.75, 3.05) is 26.4 Å². The smallest absolute Gasteiger partial charge is 0.469 e. The number of nitrogens with zero attached hydrogens (tertiary/aromatic N) is 1. The van der Waals surface area contributed by atoms with Gasteiger partial charge in [0.25, 0.3) is 5.91 Å². The number of carbonyl (C=O) groups excluding carboxylic acids is 1. The van der Waals surface area contributed by atoms with E-state index in [1.807, 2.05) is 6.92 Å². The Hall–Kier alpha value is -3.47. The van der Waals surface area contributed by atoms with Crippen LogP contribution in [0.25, 0.3) is 5.57 Å². The van der Waals surface area contributed by atoms with Gasteiger partial charge in [0.05, 0.1) is 6.61 Å². The molecule has 0 aromatic heterocycles. The maximum Gasteiger partial charge on any atom is 0.573 e.